The number of hydrogen-bond acceptors (Lipinski definition) is 3. The van der Waals surface area contributed by atoms with Crippen molar-refractivity contribution >= 4 is 38.3 Å². The maximum absolute atomic E-state index is 10.8. The predicted molar refractivity (Wildman–Crippen MR) is 55.4 cm³/mol. The number of nitrogens with zero attached hydrogens (tertiary/aromatic N) is 1. The molecule has 66 valence electrons. The quantitative estimate of drug-likeness (QED) is 0.831. The van der Waals surface area contributed by atoms with Gasteiger partial charge < -0.3 is 0 Å². The summed E-state index contributed by atoms with van der Waals surface area (Å²) >= 11 is 2.06. The lowest BCUT2D eigenvalue weighted by atomic mass is 10.4. The van der Waals surface area contributed by atoms with Crippen molar-refractivity contribution < 1.29 is 8.42 Å². The Morgan fingerprint density at radius 1 is 1.50 bits per heavy atom. The number of pyridine rings is 1. The van der Waals surface area contributed by atoms with E-state index in [-0.39, 0.29) is 0 Å². The van der Waals surface area contributed by atoms with Gasteiger partial charge >= 0.3 is 0 Å². The van der Waals surface area contributed by atoms with Crippen LogP contribution in [0.2, 0.25) is 0 Å². The largest absolute Gasteiger partial charge is 0.282 e. The van der Waals surface area contributed by atoms with Gasteiger partial charge in [-0.25, -0.2) is 8.42 Å². The lowest BCUT2D eigenvalue weighted by Crippen LogP contribution is -2.09. The summed E-state index contributed by atoms with van der Waals surface area (Å²) in [5, 5.41) is 0. The van der Waals surface area contributed by atoms with E-state index in [1.807, 2.05) is 0 Å². The molecule has 0 aliphatic rings. The number of hydrogen-bond donors (Lipinski definition) is 1. The van der Waals surface area contributed by atoms with Crippen LogP contribution in [0.4, 0.5) is 5.69 Å². The molecule has 0 fully saturated rings. The molecule has 6 heteroatoms. The molecule has 0 saturated carbocycles. The zero-order valence-electron chi connectivity index (χ0n) is 6.28. The Labute approximate surface area is 84.6 Å². The number of anilines is 1. The number of sulfonamides is 1. The Bertz CT molecular complexity index is 377. The molecule has 0 aliphatic carbocycles. The van der Waals surface area contributed by atoms with E-state index < -0.39 is 10.0 Å². The van der Waals surface area contributed by atoms with Crippen LogP contribution in [0.1, 0.15) is 0 Å². The fourth-order valence-corrected chi connectivity index (χ4v) is 1.72. The van der Waals surface area contributed by atoms with Crippen LogP contribution in [0.5, 0.6) is 0 Å². The first-order chi connectivity index (χ1) is 5.47. The standard InChI is InChI=1S/C6H7IN2O2S/c1-12(10,11)9-6-2-5(7)3-8-4-6/h2-4,9H,1H3. The van der Waals surface area contributed by atoms with Crippen molar-refractivity contribution in [1.29, 1.82) is 0 Å². The molecule has 0 aromatic carbocycles. The van der Waals surface area contributed by atoms with Gasteiger partial charge in [0.15, 0.2) is 0 Å². The summed E-state index contributed by atoms with van der Waals surface area (Å²) in [5.41, 5.74) is 0.490. The normalized spacial score (nSPS) is 11.2. The first kappa shape index (κ1) is 9.72. The second-order valence-corrected chi connectivity index (χ2v) is 5.26. The summed E-state index contributed by atoms with van der Waals surface area (Å²) in [5.74, 6) is 0. The number of aromatic nitrogens is 1. The van der Waals surface area contributed by atoms with Gasteiger partial charge in [0.05, 0.1) is 18.1 Å². The molecule has 0 saturated heterocycles. The Hall–Kier alpha value is -0.370. The van der Waals surface area contributed by atoms with Crippen molar-refractivity contribution in [3.8, 4) is 0 Å². The second kappa shape index (κ2) is 3.56. The van der Waals surface area contributed by atoms with E-state index in [1.165, 1.54) is 6.20 Å². The highest BCUT2D eigenvalue weighted by molar-refractivity contribution is 14.1. The monoisotopic (exact) mass is 298 g/mol. The minimum atomic E-state index is -3.19. The van der Waals surface area contributed by atoms with E-state index in [0.29, 0.717) is 5.69 Å². The van der Waals surface area contributed by atoms with Crippen molar-refractivity contribution in [3.05, 3.63) is 22.0 Å². The highest BCUT2D eigenvalue weighted by Crippen LogP contribution is 2.10. The van der Waals surface area contributed by atoms with E-state index in [4.69, 9.17) is 0 Å². The fourth-order valence-electron chi connectivity index (χ4n) is 0.682. The molecule has 0 spiro atoms. The first-order valence-electron chi connectivity index (χ1n) is 3.06. The molecule has 0 aliphatic heterocycles. The second-order valence-electron chi connectivity index (χ2n) is 2.27. The summed E-state index contributed by atoms with van der Waals surface area (Å²) in [4.78, 5) is 3.83. The van der Waals surface area contributed by atoms with E-state index in [9.17, 15) is 8.42 Å². The molecule has 1 aromatic rings. The van der Waals surface area contributed by atoms with E-state index in [2.05, 4.69) is 32.3 Å². The van der Waals surface area contributed by atoms with Crippen molar-refractivity contribution in [3.63, 3.8) is 0 Å². The van der Waals surface area contributed by atoms with Gasteiger partial charge in [-0.1, -0.05) is 0 Å². The minimum Gasteiger partial charge on any atom is -0.282 e. The average molecular weight is 298 g/mol. The smallest absolute Gasteiger partial charge is 0.229 e. The molecule has 0 radical (unpaired) electrons. The molecule has 1 heterocycles. The van der Waals surface area contributed by atoms with Gasteiger partial charge in [0.1, 0.15) is 0 Å². The molecular formula is C6H7IN2O2S. The third-order valence-electron chi connectivity index (χ3n) is 1.01. The SMILES string of the molecule is CS(=O)(=O)Nc1cncc(I)c1. The topological polar surface area (TPSA) is 59.1 Å². The molecule has 1 rings (SSSR count). The van der Waals surface area contributed by atoms with Crippen LogP contribution >= 0.6 is 22.6 Å². The molecule has 0 atom stereocenters. The van der Waals surface area contributed by atoms with E-state index in [0.717, 1.165) is 9.83 Å². The molecule has 0 bridgehead atoms. The summed E-state index contributed by atoms with van der Waals surface area (Å²) in [6.07, 6.45) is 4.21. The molecule has 12 heavy (non-hydrogen) atoms. The van der Waals surface area contributed by atoms with Gasteiger partial charge in [-0.05, 0) is 28.7 Å². The molecule has 4 nitrogen and oxygen atoms in total. The lowest BCUT2D eigenvalue weighted by Gasteiger charge is -2.01. The summed E-state index contributed by atoms with van der Waals surface area (Å²) in [6, 6.07) is 1.70. The van der Waals surface area contributed by atoms with E-state index >= 15 is 0 Å². The summed E-state index contributed by atoms with van der Waals surface area (Å²) in [7, 11) is -3.19. The lowest BCUT2D eigenvalue weighted by molar-refractivity contribution is 0.607. The van der Waals surface area contributed by atoms with Crippen LogP contribution in [0, 0.1) is 3.57 Å². The Kier molecular flexibility index (Phi) is 2.89. The molecular weight excluding hydrogens is 291 g/mol. The van der Waals surface area contributed by atoms with Crippen molar-refractivity contribution in [2.24, 2.45) is 0 Å². The first-order valence-corrected chi connectivity index (χ1v) is 6.03. The number of rotatable bonds is 2. The zero-order chi connectivity index (χ0) is 9.19. The van der Waals surface area contributed by atoms with Crippen molar-refractivity contribution in [2.45, 2.75) is 0 Å². The number of nitrogens with one attached hydrogen (secondary N) is 1. The Morgan fingerprint density at radius 3 is 2.67 bits per heavy atom. The summed E-state index contributed by atoms with van der Waals surface area (Å²) in [6.45, 7) is 0. The van der Waals surface area contributed by atoms with Gasteiger partial charge in [-0.2, -0.15) is 0 Å². The third-order valence-corrected chi connectivity index (χ3v) is 2.20. The van der Waals surface area contributed by atoms with Crippen LogP contribution in [0.15, 0.2) is 18.5 Å². The van der Waals surface area contributed by atoms with Crippen molar-refractivity contribution in [2.75, 3.05) is 11.0 Å². The highest BCUT2D eigenvalue weighted by atomic mass is 127. The minimum absolute atomic E-state index is 0.490. The maximum Gasteiger partial charge on any atom is 0.229 e. The van der Waals surface area contributed by atoms with Crippen LogP contribution in [0.25, 0.3) is 0 Å². The van der Waals surface area contributed by atoms with Crippen LogP contribution in [0.3, 0.4) is 0 Å². The van der Waals surface area contributed by atoms with Gasteiger partial charge in [-0.3, -0.25) is 9.71 Å². The van der Waals surface area contributed by atoms with E-state index in [1.54, 1.807) is 12.3 Å². The van der Waals surface area contributed by atoms with Crippen LogP contribution < -0.4 is 4.72 Å². The van der Waals surface area contributed by atoms with Crippen LogP contribution in [-0.2, 0) is 10.0 Å². The Morgan fingerprint density at radius 2 is 2.17 bits per heavy atom. The molecule has 1 N–H and O–H groups in total. The molecule has 0 amide bonds. The average Bonchev–Trinajstić information content (AvgIpc) is 1.82. The van der Waals surface area contributed by atoms with Gasteiger partial charge in [0, 0.05) is 9.77 Å². The fraction of sp³-hybridized carbons (Fsp3) is 0.167. The van der Waals surface area contributed by atoms with Crippen LogP contribution in [-0.4, -0.2) is 19.7 Å². The van der Waals surface area contributed by atoms with Gasteiger partial charge in [0.2, 0.25) is 10.0 Å². The zero-order valence-corrected chi connectivity index (χ0v) is 9.26. The van der Waals surface area contributed by atoms with Crippen molar-refractivity contribution in [1.82, 2.24) is 4.98 Å². The maximum atomic E-state index is 10.8. The summed E-state index contributed by atoms with van der Waals surface area (Å²) < 4.78 is 24.8. The molecule has 0 unspecified atom stereocenters. The van der Waals surface area contributed by atoms with Gasteiger partial charge in [-0.15, -0.1) is 0 Å². The number of halogens is 1. The highest BCUT2D eigenvalue weighted by Gasteiger charge is 2.01. The molecule has 1 aromatic heterocycles. The predicted octanol–water partition coefficient (Wildman–Crippen LogP) is 1.06. The third kappa shape index (κ3) is 3.35. The Balaban J connectivity index is 2.91. The van der Waals surface area contributed by atoms with Gasteiger partial charge in [0.25, 0.3) is 0 Å².